The lowest BCUT2D eigenvalue weighted by molar-refractivity contribution is -0.114. The van der Waals surface area contributed by atoms with Crippen LogP contribution in [0.5, 0.6) is 0 Å². The van der Waals surface area contributed by atoms with E-state index in [2.05, 4.69) is 5.32 Å². The molecule has 8 heteroatoms. The Bertz CT molecular complexity index is 910. The van der Waals surface area contributed by atoms with Crippen LogP contribution in [0, 0.1) is 18.6 Å². The van der Waals surface area contributed by atoms with Crippen molar-refractivity contribution in [1.82, 2.24) is 0 Å². The number of carbonyl (C=O) groups excluding carboxylic acids is 1. The average Bonchev–Trinajstić information content (AvgIpc) is 2.55. The first-order valence-corrected chi connectivity index (χ1v) is 9.80. The molecule has 2 rings (SSSR count). The molecule has 0 radical (unpaired) electrons. The molecule has 0 saturated heterocycles. The van der Waals surface area contributed by atoms with Crippen LogP contribution >= 0.6 is 0 Å². The number of para-hydroxylation sites is 2. The lowest BCUT2D eigenvalue weighted by Crippen LogP contribution is -2.38. The van der Waals surface area contributed by atoms with Gasteiger partial charge in [0.15, 0.2) is 0 Å². The fraction of sp³-hybridized carbons (Fsp3) is 0.278. The maximum Gasteiger partial charge on any atom is 0.245 e. The van der Waals surface area contributed by atoms with E-state index >= 15 is 0 Å². The predicted molar refractivity (Wildman–Crippen MR) is 97.7 cm³/mol. The number of anilines is 2. The highest BCUT2D eigenvalue weighted by atomic mass is 32.2. The molecule has 2 aromatic carbocycles. The zero-order valence-electron chi connectivity index (χ0n) is 14.7. The average molecular weight is 382 g/mol. The van der Waals surface area contributed by atoms with E-state index in [9.17, 15) is 22.0 Å². The molecule has 0 heterocycles. The Morgan fingerprint density at radius 2 is 1.69 bits per heavy atom. The number of halogens is 2. The molecule has 5 nitrogen and oxygen atoms in total. The van der Waals surface area contributed by atoms with Crippen molar-refractivity contribution >= 4 is 27.3 Å². The first-order valence-electron chi connectivity index (χ1n) is 7.95. The summed E-state index contributed by atoms with van der Waals surface area (Å²) in [6.07, 6.45) is 1.54. The van der Waals surface area contributed by atoms with E-state index in [1.54, 1.807) is 25.1 Å². The topological polar surface area (TPSA) is 66.5 Å². The van der Waals surface area contributed by atoms with Gasteiger partial charge in [-0.3, -0.25) is 9.10 Å². The number of benzene rings is 2. The summed E-state index contributed by atoms with van der Waals surface area (Å²) >= 11 is 0. The van der Waals surface area contributed by atoms with Crippen LogP contribution in [0.3, 0.4) is 0 Å². The van der Waals surface area contributed by atoms with Crippen molar-refractivity contribution in [2.75, 3.05) is 22.4 Å². The van der Waals surface area contributed by atoms with Crippen molar-refractivity contribution < 1.29 is 22.0 Å². The van der Waals surface area contributed by atoms with Crippen molar-refractivity contribution in [3.05, 3.63) is 59.2 Å². The Labute approximate surface area is 151 Å². The van der Waals surface area contributed by atoms with Gasteiger partial charge in [-0.2, -0.15) is 0 Å². The summed E-state index contributed by atoms with van der Waals surface area (Å²) in [5.74, 6) is -2.71. The molecule has 140 valence electrons. The van der Waals surface area contributed by atoms with Crippen LogP contribution in [0.1, 0.15) is 18.1 Å². The van der Waals surface area contributed by atoms with Gasteiger partial charge < -0.3 is 5.32 Å². The van der Waals surface area contributed by atoms with E-state index in [0.717, 1.165) is 28.3 Å². The third kappa shape index (κ3) is 4.37. The van der Waals surface area contributed by atoms with Crippen LogP contribution in [0.2, 0.25) is 0 Å². The molecule has 0 aliphatic heterocycles. The van der Waals surface area contributed by atoms with Crippen LogP contribution < -0.4 is 9.62 Å². The monoisotopic (exact) mass is 382 g/mol. The second-order valence-corrected chi connectivity index (χ2v) is 7.76. The number of carbonyl (C=O) groups is 1. The molecule has 0 aromatic heterocycles. The summed E-state index contributed by atoms with van der Waals surface area (Å²) in [6.45, 7) is 3.01. The number of rotatable bonds is 6. The molecule has 0 fully saturated rings. The molecule has 0 bridgehead atoms. The smallest absolute Gasteiger partial charge is 0.245 e. The summed E-state index contributed by atoms with van der Waals surface area (Å²) in [6, 6.07) is 8.49. The SMILES string of the molecule is CCc1cccc(C)c1N(CC(=O)Nc1c(F)cccc1F)S(C)(=O)=O. The second kappa shape index (κ2) is 7.82. The molecule has 0 unspecified atom stereocenters. The Kier molecular flexibility index (Phi) is 5.97. The van der Waals surface area contributed by atoms with E-state index in [0.29, 0.717) is 17.7 Å². The van der Waals surface area contributed by atoms with Gasteiger partial charge in [0.1, 0.15) is 23.9 Å². The summed E-state index contributed by atoms with van der Waals surface area (Å²) in [4.78, 5) is 12.3. The second-order valence-electron chi connectivity index (χ2n) is 5.85. The van der Waals surface area contributed by atoms with Gasteiger partial charge in [0.05, 0.1) is 11.9 Å². The van der Waals surface area contributed by atoms with Crippen LogP contribution in [0.15, 0.2) is 36.4 Å². The van der Waals surface area contributed by atoms with Crippen LogP contribution in [0.25, 0.3) is 0 Å². The van der Waals surface area contributed by atoms with E-state index in [-0.39, 0.29) is 0 Å². The van der Waals surface area contributed by atoms with Crippen molar-refractivity contribution in [1.29, 1.82) is 0 Å². The fourth-order valence-corrected chi connectivity index (χ4v) is 3.60. The van der Waals surface area contributed by atoms with Gasteiger partial charge in [-0.15, -0.1) is 0 Å². The van der Waals surface area contributed by atoms with Crippen molar-refractivity contribution in [2.45, 2.75) is 20.3 Å². The third-order valence-corrected chi connectivity index (χ3v) is 4.98. The largest absolute Gasteiger partial charge is 0.320 e. The molecular formula is C18H20F2N2O3S. The summed E-state index contributed by atoms with van der Waals surface area (Å²) in [5, 5.41) is 2.11. The molecule has 26 heavy (non-hydrogen) atoms. The number of aryl methyl sites for hydroxylation is 2. The lowest BCUT2D eigenvalue weighted by Gasteiger charge is -2.26. The Hall–Kier alpha value is -2.48. The third-order valence-electron chi connectivity index (χ3n) is 3.87. The molecule has 2 aromatic rings. The molecule has 1 amide bonds. The summed E-state index contributed by atoms with van der Waals surface area (Å²) < 4.78 is 52.9. The maximum atomic E-state index is 13.7. The Balaban J connectivity index is 2.38. The van der Waals surface area contributed by atoms with Crippen molar-refractivity contribution in [3.8, 4) is 0 Å². The lowest BCUT2D eigenvalue weighted by atomic mass is 10.1. The first-order chi connectivity index (χ1) is 12.1. The summed E-state index contributed by atoms with van der Waals surface area (Å²) in [5.41, 5.74) is 1.23. The molecule has 0 saturated carbocycles. The van der Waals surface area contributed by atoms with Crippen molar-refractivity contribution in [3.63, 3.8) is 0 Å². The number of hydrogen-bond donors (Lipinski definition) is 1. The minimum absolute atomic E-state index is 0.404. The fourth-order valence-electron chi connectivity index (χ4n) is 2.65. The Morgan fingerprint density at radius 3 is 2.23 bits per heavy atom. The zero-order chi connectivity index (χ0) is 19.5. The Morgan fingerprint density at radius 1 is 1.12 bits per heavy atom. The van der Waals surface area contributed by atoms with Gasteiger partial charge in [-0.05, 0) is 36.6 Å². The van der Waals surface area contributed by atoms with E-state index in [1.807, 2.05) is 6.92 Å². The normalized spacial score (nSPS) is 11.3. The van der Waals surface area contributed by atoms with Crippen molar-refractivity contribution in [2.24, 2.45) is 0 Å². The van der Waals surface area contributed by atoms with Gasteiger partial charge in [-0.25, -0.2) is 17.2 Å². The quantitative estimate of drug-likeness (QED) is 0.834. The minimum atomic E-state index is -3.80. The molecule has 1 N–H and O–H groups in total. The standard InChI is InChI=1S/C18H20F2N2O3S/c1-4-13-8-5-7-12(2)18(13)22(26(3,24)25)11-16(23)21-17-14(19)9-6-10-15(17)20/h5-10H,4,11H2,1-3H3,(H,21,23). The molecule has 0 atom stereocenters. The van der Waals surface area contributed by atoms with Gasteiger partial charge in [0.25, 0.3) is 0 Å². The van der Waals surface area contributed by atoms with Gasteiger partial charge in [-0.1, -0.05) is 31.2 Å². The zero-order valence-corrected chi connectivity index (χ0v) is 15.5. The molecule has 0 aliphatic rings. The highest BCUT2D eigenvalue weighted by Gasteiger charge is 2.25. The predicted octanol–water partition coefficient (Wildman–Crippen LogP) is 3.24. The minimum Gasteiger partial charge on any atom is -0.320 e. The van der Waals surface area contributed by atoms with Gasteiger partial charge in [0.2, 0.25) is 15.9 Å². The molecular weight excluding hydrogens is 362 g/mol. The number of amides is 1. The van der Waals surface area contributed by atoms with E-state index in [4.69, 9.17) is 0 Å². The number of nitrogens with zero attached hydrogens (tertiary/aromatic N) is 1. The maximum absolute atomic E-state index is 13.7. The van der Waals surface area contributed by atoms with Crippen LogP contribution in [-0.2, 0) is 21.2 Å². The molecule has 0 aliphatic carbocycles. The number of sulfonamides is 1. The molecule has 0 spiro atoms. The number of hydrogen-bond acceptors (Lipinski definition) is 3. The van der Waals surface area contributed by atoms with E-state index in [1.165, 1.54) is 6.07 Å². The highest BCUT2D eigenvalue weighted by molar-refractivity contribution is 7.92. The van der Waals surface area contributed by atoms with Crippen LogP contribution in [-0.4, -0.2) is 27.1 Å². The van der Waals surface area contributed by atoms with Crippen LogP contribution in [0.4, 0.5) is 20.2 Å². The summed E-state index contributed by atoms with van der Waals surface area (Å²) in [7, 11) is -3.80. The van der Waals surface area contributed by atoms with E-state index < -0.39 is 39.8 Å². The van der Waals surface area contributed by atoms with Gasteiger partial charge in [0, 0.05) is 0 Å². The first kappa shape index (κ1) is 19.8. The van der Waals surface area contributed by atoms with Gasteiger partial charge >= 0.3 is 0 Å². The number of nitrogens with one attached hydrogen (secondary N) is 1. The highest BCUT2D eigenvalue weighted by Crippen LogP contribution is 2.28.